The standard InChI is InChI=1S/C7H8F7I/c1-2-3-4(15)5(8,9)6(10,11)7(12,13)14/h4H,2-3H2,1H3. The summed E-state index contributed by atoms with van der Waals surface area (Å²) in [7, 11) is 0. The average Bonchev–Trinajstić information content (AvgIpc) is 2.02. The zero-order valence-electron chi connectivity index (χ0n) is 7.52. The Morgan fingerprint density at radius 3 is 1.67 bits per heavy atom. The number of hydrogen-bond donors (Lipinski definition) is 0. The minimum atomic E-state index is -6.23. The molecule has 0 aliphatic heterocycles. The van der Waals surface area contributed by atoms with Crippen LogP contribution in [0.1, 0.15) is 19.8 Å². The Kier molecular flexibility index (Phi) is 4.70. The molecule has 0 saturated heterocycles. The van der Waals surface area contributed by atoms with Gasteiger partial charge < -0.3 is 0 Å². The molecule has 0 saturated carbocycles. The van der Waals surface area contributed by atoms with Gasteiger partial charge in [0.1, 0.15) is 0 Å². The summed E-state index contributed by atoms with van der Waals surface area (Å²) in [4.78, 5) is 0. The molecule has 8 heteroatoms. The van der Waals surface area contributed by atoms with E-state index < -0.39 is 28.4 Å². The Morgan fingerprint density at radius 2 is 1.40 bits per heavy atom. The predicted molar refractivity (Wildman–Crippen MR) is 48.7 cm³/mol. The first-order valence-electron chi connectivity index (χ1n) is 3.95. The summed E-state index contributed by atoms with van der Waals surface area (Å²) in [6.07, 6.45) is -6.52. The topological polar surface area (TPSA) is 0 Å². The molecule has 0 N–H and O–H groups in total. The highest BCUT2D eigenvalue weighted by atomic mass is 127. The van der Waals surface area contributed by atoms with Crippen molar-refractivity contribution >= 4 is 22.6 Å². The first kappa shape index (κ1) is 15.2. The summed E-state index contributed by atoms with van der Waals surface area (Å²) in [6, 6.07) is 0. The molecule has 92 valence electrons. The van der Waals surface area contributed by atoms with Gasteiger partial charge in [-0.05, 0) is 6.42 Å². The normalized spacial score (nSPS) is 16.6. The largest absolute Gasteiger partial charge is 0.459 e. The maximum Gasteiger partial charge on any atom is 0.459 e. The Labute approximate surface area is 95.3 Å². The van der Waals surface area contributed by atoms with Crippen molar-refractivity contribution in [3.05, 3.63) is 0 Å². The molecular formula is C7H8F7I. The number of halogens is 8. The quantitative estimate of drug-likeness (QED) is 0.399. The van der Waals surface area contributed by atoms with Crippen LogP contribution in [0.15, 0.2) is 0 Å². The van der Waals surface area contributed by atoms with Crippen LogP contribution in [-0.4, -0.2) is 21.9 Å². The van der Waals surface area contributed by atoms with Gasteiger partial charge in [0.2, 0.25) is 0 Å². The smallest absolute Gasteiger partial charge is 0.198 e. The summed E-state index contributed by atoms with van der Waals surface area (Å²) in [6.45, 7) is 1.42. The Bertz CT molecular complexity index is 210. The number of rotatable bonds is 4. The lowest BCUT2D eigenvalue weighted by Crippen LogP contribution is -2.56. The van der Waals surface area contributed by atoms with E-state index in [-0.39, 0.29) is 6.42 Å². The lowest BCUT2D eigenvalue weighted by Gasteiger charge is -2.31. The van der Waals surface area contributed by atoms with E-state index in [9.17, 15) is 30.7 Å². The SMILES string of the molecule is CCCC(I)C(F)(F)C(F)(F)C(F)(F)F. The van der Waals surface area contributed by atoms with Crippen LogP contribution in [0, 0.1) is 0 Å². The van der Waals surface area contributed by atoms with Gasteiger partial charge in [0.15, 0.2) is 0 Å². The third kappa shape index (κ3) is 2.88. The Balaban J connectivity index is 5.00. The van der Waals surface area contributed by atoms with Crippen LogP contribution in [0.5, 0.6) is 0 Å². The maximum atomic E-state index is 12.8. The van der Waals surface area contributed by atoms with Crippen LogP contribution >= 0.6 is 22.6 Å². The first-order chi connectivity index (χ1) is 6.48. The van der Waals surface area contributed by atoms with E-state index in [0.29, 0.717) is 0 Å². The summed E-state index contributed by atoms with van der Waals surface area (Å²) in [5.41, 5.74) is 0. The van der Waals surface area contributed by atoms with Crippen molar-refractivity contribution in [2.45, 2.75) is 41.7 Å². The second-order valence-corrected chi connectivity index (χ2v) is 4.45. The maximum absolute atomic E-state index is 12.8. The highest BCUT2D eigenvalue weighted by Gasteiger charge is 2.74. The van der Waals surface area contributed by atoms with Gasteiger partial charge >= 0.3 is 18.0 Å². The van der Waals surface area contributed by atoms with Crippen molar-refractivity contribution in [3.63, 3.8) is 0 Å². The van der Waals surface area contributed by atoms with Crippen LogP contribution in [-0.2, 0) is 0 Å². The number of hydrogen-bond acceptors (Lipinski definition) is 0. The van der Waals surface area contributed by atoms with E-state index in [1.165, 1.54) is 6.92 Å². The van der Waals surface area contributed by atoms with Crippen molar-refractivity contribution in [1.82, 2.24) is 0 Å². The molecule has 0 aromatic rings. The summed E-state index contributed by atoms with van der Waals surface area (Å²) < 4.78 is 83.5. The minimum absolute atomic E-state index is 0.108. The molecule has 0 heterocycles. The van der Waals surface area contributed by atoms with Crippen molar-refractivity contribution in [2.24, 2.45) is 0 Å². The van der Waals surface area contributed by atoms with E-state index in [1.807, 2.05) is 0 Å². The molecule has 0 nitrogen and oxygen atoms in total. The monoisotopic (exact) mass is 352 g/mol. The highest BCUT2D eigenvalue weighted by Crippen LogP contribution is 2.50. The van der Waals surface area contributed by atoms with Gasteiger partial charge in [-0.1, -0.05) is 35.9 Å². The lowest BCUT2D eigenvalue weighted by atomic mass is 10.0. The fourth-order valence-electron chi connectivity index (χ4n) is 0.820. The van der Waals surface area contributed by atoms with Crippen LogP contribution in [0.2, 0.25) is 0 Å². The van der Waals surface area contributed by atoms with E-state index in [2.05, 4.69) is 0 Å². The second-order valence-electron chi connectivity index (χ2n) is 2.95. The molecule has 0 aromatic heterocycles. The van der Waals surface area contributed by atoms with Crippen LogP contribution in [0.4, 0.5) is 30.7 Å². The molecule has 1 atom stereocenters. The van der Waals surface area contributed by atoms with Gasteiger partial charge in [0, 0.05) is 0 Å². The van der Waals surface area contributed by atoms with Gasteiger partial charge in [-0.3, -0.25) is 0 Å². The fraction of sp³-hybridized carbons (Fsp3) is 1.00. The van der Waals surface area contributed by atoms with Crippen molar-refractivity contribution in [3.8, 4) is 0 Å². The number of alkyl halides is 8. The molecule has 0 amide bonds. The van der Waals surface area contributed by atoms with E-state index in [0.717, 1.165) is 22.6 Å². The van der Waals surface area contributed by atoms with Crippen LogP contribution < -0.4 is 0 Å². The van der Waals surface area contributed by atoms with E-state index in [4.69, 9.17) is 0 Å². The van der Waals surface area contributed by atoms with Crippen LogP contribution in [0.25, 0.3) is 0 Å². The lowest BCUT2D eigenvalue weighted by molar-refractivity contribution is -0.353. The molecule has 15 heavy (non-hydrogen) atoms. The minimum Gasteiger partial charge on any atom is -0.198 e. The van der Waals surface area contributed by atoms with E-state index in [1.54, 1.807) is 0 Å². The highest BCUT2D eigenvalue weighted by molar-refractivity contribution is 14.1. The van der Waals surface area contributed by atoms with Crippen molar-refractivity contribution in [1.29, 1.82) is 0 Å². The zero-order chi connectivity index (χ0) is 12.5. The van der Waals surface area contributed by atoms with Gasteiger partial charge in [-0.25, -0.2) is 0 Å². The van der Waals surface area contributed by atoms with Crippen molar-refractivity contribution in [2.75, 3.05) is 0 Å². The molecule has 0 rings (SSSR count). The Hall–Kier alpha value is 0.240. The molecule has 0 fully saturated rings. The molecule has 0 aliphatic carbocycles. The summed E-state index contributed by atoms with van der Waals surface area (Å²) in [5, 5.41) is 0. The van der Waals surface area contributed by atoms with Crippen molar-refractivity contribution < 1.29 is 30.7 Å². The van der Waals surface area contributed by atoms with Gasteiger partial charge in [0.05, 0.1) is 3.92 Å². The van der Waals surface area contributed by atoms with Crippen LogP contribution in [0.3, 0.4) is 0 Å². The molecule has 0 radical (unpaired) electrons. The summed E-state index contributed by atoms with van der Waals surface area (Å²) in [5.74, 6) is -11.1. The van der Waals surface area contributed by atoms with Gasteiger partial charge in [-0.2, -0.15) is 30.7 Å². The first-order valence-corrected chi connectivity index (χ1v) is 5.19. The summed E-state index contributed by atoms with van der Waals surface area (Å²) >= 11 is 0.920. The molecule has 0 aromatic carbocycles. The average molecular weight is 352 g/mol. The van der Waals surface area contributed by atoms with E-state index >= 15 is 0 Å². The predicted octanol–water partition coefficient (Wildman–Crippen LogP) is 4.42. The molecule has 0 spiro atoms. The fourth-order valence-corrected chi connectivity index (χ4v) is 1.83. The third-order valence-electron chi connectivity index (χ3n) is 1.71. The second kappa shape index (κ2) is 4.62. The zero-order valence-corrected chi connectivity index (χ0v) is 9.67. The molecule has 1 unspecified atom stereocenters. The Morgan fingerprint density at radius 1 is 1.00 bits per heavy atom. The molecule has 0 bridgehead atoms. The van der Waals surface area contributed by atoms with Gasteiger partial charge in [-0.15, -0.1) is 0 Å². The third-order valence-corrected chi connectivity index (χ3v) is 3.12. The molecular weight excluding hydrogens is 344 g/mol. The molecule has 0 aliphatic rings. The van der Waals surface area contributed by atoms with Gasteiger partial charge in [0.25, 0.3) is 0 Å².